The van der Waals surface area contributed by atoms with Gasteiger partial charge in [0, 0.05) is 0 Å². The zero-order valence-electron chi connectivity index (χ0n) is 24.4. The predicted octanol–water partition coefficient (Wildman–Crippen LogP) is 12.4. The minimum Gasteiger partial charge on any atom is -0.457 e. The van der Waals surface area contributed by atoms with Gasteiger partial charge in [0.15, 0.2) is 0 Å². The minimum atomic E-state index is 0.826. The van der Waals surface area contributed by atoms with E-state index in [1.54, 1.807) is 0 Å². The van der Waals surface area contributed by atoms with Crippen molar-refractivity contribution in [2.75, 3.05) is 0 Å². The normalized spacial score (nSPS) is 12.0. The Hall–Kier alpha value is -5.92. The monoisotopic (exact) mass is 570 g/mol. The fourth-order valence-corrected chi connectivity index (χ4v) is 7.71. The quantitative estimate of drug-likeness (QED) is 0.204. The number of hydrogen-bond acceptors (Lipinski definition) is 1. The minimum absolute atomic E-state index is 0.826. The molecule has 0 aliphatic heterocycles. The summed E-state index contributed by atoms with van der Waals surface area (Å²) in [5.74, 6) is 1.65. The molecule has 208 valence electrons. The molecule has 8 aromatic rings. The molecule has 0 atom stereocenters. The highest BCUT2D eigenvalue weighted by Crippen LogP contribution is 2.51. The van der Waals surface area contributed by atoms with Crippen molar-refractivity contribution >= 4 is 21.5 Å². The molecule has 0 amide bonds. The second-order valence-corrected chi connectivity index (χ2v) is 12.0. The van der Waals surface area contributed by atoms with Gasteiger partial charge in [-0.1, -0.05) is 127 Å². The maximum Gasteiger partial charge on any atom is 0.128 e. The first-order valence-electron chi connectivity index (χ1n) is 15.5. The zero-order valence-corrected chi connectivity index (χ0v) is 24.4. The Morgan fingerprint density at radius 3 is 1.16 bits per heavy atom. The summed E-state index contributed by atoms with van der Waals surface area (Å²) < 4.78 is 6.55. The van der Waals surface area contributed by atoms with Gasteiger partial charge in [-0.25, -0.2) is 0 Å². The molecule has 0 N–H and O–H groups in total. The van der Waals surface area contributed by atoms with Crippen LogP contribution in [0.2, 0.25) is 0 Å². The standard InChI is InChI=1S/C44H26O/c1-2-10-29(11-3-1)45-30-25-27(31-20-22-41-35-14-6-4-12-33(35)39-18-8-16-37(31)43(39)41)24-28(26-30)32-21-23-42-36-15-7-5-13-34(36)40-19-9-17-38(32)44(40)42/h1-26H. The van der Waals surface area contributed by atoms with Crippen LogP contribution in [0.3, 0.4) is 0 Å². The summed E-state index contributed by atoms with van der Waals surface area (Å²) in [5, 5.41) is 5.19. The summed E-state index contributed by atoms with van der Waals surface area (Å²) in [5.41, 5.74) is 15.2. The van der Waals surface area contributed by atoms with E-state index in [2.05, 4.69) is 127 Å². The number of hydrogen-bond donors (Lipinski definition) is 0. The zero-order chi connectivity index (χ0) is 29.5. The Balaban J connectivity index is 1.21. The first kappa shape index (κ1) is 24.5. The van der Waals surface area contributed by atoms with Crippen LogP contribution in [-0.4, -0.2) is 0 Å². The molecule has 0 unspecified atom stereocenters. The van der Waals surface area contributed by atoms with Gasteiger partial charge in [-0.3, -0.25) is 0 Å². The third-order valence-corrected chi connectivity index (χ3v) is 9.60. The summed E-state index contributed by atoms with van der Waals surface area (Å²) in [4.78, 5) is 0. The number of rotatable bonds is 4. The number of para-hydroxylation sites is 1. The van der Waals surface area contributed by atoms with Crippen molar-refractivity contribution in [3.05, 3.63) is 158 Å². The van der Waals surface area contributed by atoms with E-state index in [0.717, 1.165) is 22.6 Å². The van der Waals surface area contributed by atoms with Gasteiger partial charge in [-0.15, -0.1) is 0 Å². The molecule has 0 aromatic heterocycles. The molecule has 0 fully saturated rings. The van der Waals surface area contributed by atoms with Crippen LogP contribution in [0.1, 0.15) is 0 Å². The van der Waals surface area contributed by atoms with Crippen LogP contribution >= 0.6 is 0 Å². The van der Waals surface area contributed by atoms with Crippen molar-refractivity contribution in [3.8, 4) is 78.3 Å². The van der Waals surface area contributed by atoms with Gasteiger partial charge in [-0.05, 0) is 119 Å². The molecule has 1 heteroatoms. The molecule has 2 aliphatic carbocycles. The Labute approximate surface area is 261 Å². The molecule has 0 saturated carbocycles. The average molecular weight is 571 g/mol. The summed E-state index contributed by atoms with van der Waals surface area (Å²) in [7, 11) is 0. The molecule has 0 heterocycles. The smallest absolute Gasteiger partial charge is 0.128 e. The van der Waals surface area contributed by atoms with Crippen molar-refractivity contribution < 1.29 is 4.74 Å². The van der Waals surface area contributed by atoms with Gasteiger partial charge >= 0.3 is 0 Å². The van der Waals surface area contributed by atoms with Gasteiger partial charge < -0.3 is 4.74 Å². The first-order chi connectivity index (χ1) is 22.3. The van der Waals surface area contributed by atoms with E-state index in [1.165, 1.54) is 77.2 Å². The summed E-state index contributed by atoms with van der Waals surface area (Å²) in [6, 6.07) is 56.9. The Bertz CT molecular complexity index is 2290. The lowest BCUT2D eigenvalue weighted by Gasteiger charge is -2.16. The van der Waals surface area contributed by atoms with Gasteiger partial charge in [0.05, 0.1) is 0 Å². The molecule has 10 rings (SSSR count). The topological polar surface area (TPSA) is 9.23 Å². The highest BCUT2D eigenvalue weighted by Gasteiger charge is 2.24. The van der Waals surface area contributed by atoms with E-state index in [1.807, 2.05) is 30.3 Å². The van der Waals surface area contributed by atoms with Crippen molar-refractivity contribution in [2.45, 2.75) is 0 Å². The van der Waals surface area contributed by atoms with Crippen LogP contribution in [0.15, 0.2) is 158 Å². The van der Waals surface area contributed by atoms with Crippen molar-refractivity contribution in [3.63, 3.8) is 0 Å². The molecule has 0 radical (unpaired) electrons. The van der Waals surface area contributed by atoms with Crippen molar-refractivity contribution in [2.24, 2.45) is 0 Å². The predicted molar refractivity (Wildman–Crippen MR) is 188 cm³/mol. The Morgan fingerprint density at radius 1 is 0.267 bits per heavy atom. The van der Waals surface area contributed by atoms with Gasteiger partial charge in [0.2, 0.25) is 0 Å². The average Bonchev–Trinajstić information content (AvgIpc) is 3.60. The molecule has 0 saturated heterocycles. The van der Waals surface area contributed by atoms with Crippen LogP contribution in [-0.2, 0) is 0 Å². The Morgan fingerprint density at radius 2 is 0.667 bits per heavy atom. The van der Waals surface area contributed by atoms with Gasteiger partial charge in [-0.2, -0.15) is 0 Å². The van der Waals surface area contributed by atoms with Gasteiger partial charge in [0.1, 0.15) is 11.5 Å². The SMILES string of the molecule is c1ccc(Oc2cc(-c3ccc4c5c(cccc35)-c3ccccc3-4)cc(-c3ccc4c5c(cccc35)-c3ccccc3-4)c2)cc1. The van der Waals surface area contributed by atoms with Crippen LogP contribution in [0.5, 0.6) is 11.5 Å². The number of benzene rings is 8. The molecule has 45 heavy (non-hydrogen) atoms. The second-order valence-electron chi connectivity index (χ2n) is 12.0. The van der Waals surface area contributed by atoms with E-state index in [-0.39, 0.29) is 0 Å². The first-order valence-corrected chi connectivity index (χ1v) is 15.5. The molecule has 1 nitrogen and oxygen atoms in total. The fourth-order valence-electron chi connectivity index (χ4n) is 7.71. The molecule has 2 aliphatic rings. The maximum atomic E-state index is 6.55. The summed E-state index contributed by atoms with van der Waals surface area (Å²) in [6.07, 6.45) is 0. The van der Waals surface area contributed by atoms with Crippen molar-refractivity contribution in [1.29, 1.82) is 0 Å². The van der Waals surface area contributed by atoms with Crippen LogP contribution < -0.4 is 4.74 Å². The van der Waals surface area contributed by atoms with Crippen LogP contribution in [0.4, 0.5) is 0 Å². The second kappa shape index (κ2) is 9.29. The molecule has 0 spiro atoms. The summed E-state index contributed by atoms with van der Waals surface area (Å²) in [6.45, 7) is 0. The molecule has 0 bridgehead atoms. The highest BCUT2D eigenvalue weighted by atomic mass is 16.5. The van der Waals surface area contributed by atoms with Crippen LogP contribution in [0.25, 0.3) is 88.3 Å². The number of ether oxygens (including phenoxy) is 1. The summed E-state index contributed by atoms with van der Waals surface area (Å²) >= 11 is 0. The Kier molecular flexibility index (Phi) is 5.06. The lowest BCUT2D eigenvalue weighted by Crippen LogP contribution is -1.90. The van der Waals surface area contributed by atoms with Gasteiger partial charge in [0.25, 0.3) is 0 Å². The molecular formula is C44H26O. The molecular weight excluding hydrogens is 544 g/mol. The van der Waals surface area contributed by atoms with E-state index in [4.69, 9.17) is 4.74 Å². The van der Waals surface area contributed by atoms with E-state index in [0.29, 0.717) is 0 Å². The van der Waals surface area contributed by atoms with Crippen LogP contribution in [0, 0.1) is 0 Å². The lowest BCUT2D eigenvalue weighted by atomic mass is 9.90. The fraction of sp³-hybridized carbons (Fsp3) is 0. The molecule has 8 aromatic carbocycles. The maximum absolute atomic E-state index is 6.55. The third-order valence-electron chi connectivity index (χ3n) is 9.60. The van der Waals surface area contributed by atoms with E-state index >= 15 is 0 Å². The highest BCUT2D eigenvalue weighted by molar-refractivity contribution is 6.20. The lowest BCUT2D eigenvalue weighted by molar-refractivity contribution is 0.483. The third kappa shape index (κ3) is 3.56. The van der Waals surface area contributed by atoms with Crippen molar-refractivity contribution in [1.82, 2.24) is 0 Å². The van der Waals surface area contributed by atoms with E-state index < -0.39 is 0 Å². The largest absolute Gasteiger partial charge is 0.457 e. The van der Waals surface area contributed by atoms with E-state index in [9.17, 15) is 0 Å². The number of fused-ring (bicyclic) bond motifs is 6.